The molecular weight excluding hydrogens is 497 g/mol. The standard InChI is InChI=1S/C25H25F3N2O7/c26-15-1-3-16(4-2-15)34-14-22(33)30-24-9-7-23(8-10-24,12-20(24)31)29-21(32)13-35-17-5-6-18-19(11-17)37-25(27,28)36-18/h1-6,11,20,31H,7-10,12-14H2,(H,29,32)(H,30,33)/t20-,23?,24?/m1/s1. The van der Waals surface area contributed by atoms with E-state index in [2.05, 4.69) is 20.1 Å². The van der Waals surface area contributed by atoms with Crippen LogP contribution in [0.4, 0.5) is 13.2 Å². The molecule has 3 saturated carbocycles. The van der Waals surface area contributed by atoms with Crippen molar-refractivity contribution in [2.24, 2.45) is 0 Å². The van der Waals surface area contributed by atoms with Crippen molar-refractivity contribution in [3.63, 3.8) is 0 Å². The Morgan fingerprint density at radius 2 is 1.49 bits per heavy atom. The van der Waals surface area contributed by atoms with Crippen molar-refractivity contribution >= 4 is 11.8 Å². The molecule has 2 bridgehead atoms. The van der Waals surface area contributed by atoms with Gasteiger partial charge in [-0.25, -0.2) is 4.39 Å². The highest BCUT2D eigenvalue weighted by molar-refractivity contribution is 5.79. The molecule has 2 aromatic carbocycles. The Morgan fingerprint density at radius 3 is 2.16 bits per heavy atom. The van der Waals surface area contributed by atoms with Crippen LogP contribution >= 0.6 is 0 Å². The molecule has 37 heavy (non-hydrogen) atoms. The molecule has 0 aromatic heterocycles. The molecule has 12 heteroatoms. The predicted octanol–water partition coefficient (Wildman–Crippen LogP) is 2.65. The van der Waals surface area contributed by atoms with Gasteiger partial charge in [-0.3, -0.25) is 9.59 Å². The van der Waals surface area contributed by atoms with Gasteiger partial charge in [-0.05, 0) is 68.5 Å². The maximum Gasteiger partial charge on any atom is 0.586 e. The number of rotatable bonds is 8. The van der Waals surface area contributed by atoms with Crippen molar-refractivity contribution in [3.8, 4) is 23.0 Å². The molecule has 0 radical (unpaired) electrons. The van der Waals surface area contributed by atoms with Crippen LogP contribution in [0.3, 0.4) is 0 Å². The van der Waals surface area contributed by atoms with Gasteiger partial charge in [0.1, 0.15) is 17.3 Å². The zero-order valence-corrected chi connectivity index (χ0v) is 19.6. The number of aliphatic hydroxyl groups excluding tert-OH is 1. The number of nitrogens with one attached hydrogen (secondary N) is 2. The van der Waals surface area contributed by atoms with Crippen molar-refractivity contribution in [1.29, 1.82) is 0 Å². The Hall–Kier alpha value is -3.67. The minimum absolute atomic E-state index is 0.128. The Labute approximate surface area is 209 Å². The summed E-state index contributed by atoms with van der Waals surface area (Å²) in [4.78, 5) is 25.1. The van der Waals surface area contributed by atoms with E-state index in [1.807, 2.05) is 0 Å². The van der Waals surface area contributed by atoms with Gasteiger partial charge in [-0.15, -0.1) is 8.78 Å². The van der Waals surface area contributed by atoms with E-state index in [1.54, 1.807) is 0 Å². The number of amides is 2. The summed E-state index contributed by atoms with van der Waals surface area (Å²) >= 11 is 0. The van der Waals surface area contributed by atoms with E-state index >= 15 is 0 Å². The van der Waals surface area contributed by atoms with Crippen molar-refractivity contribution in [3.05, 3.63) is 48.3 Å². The number of fused-ring (bicyclic) bond motifs is 4. The van der Waals surface area contributed by atoms with Crippen LogP contribution in [-0.4, -0.2) is 53.6 Å². The summed E-state index contributed by atoms with van der Waals surface area (Å²) in [5, 5.41) is 16.7. The first-order valence-electron chi connectivity index (χ1n) is 11.8. The van der Waals surface area contributed by atoms with Gasteiger partial charge < -0.3 is 34.7 Å². The lowest BCUT2D eigenvalue weighted by Gasteiger charge is -2.56. The van der Waals surface area contributed by atoms with Gasteiger partial charge in [-0.1, -0.05) is 0 Å². The van der Waals surface area contributed by atoms with E-state index < -0.39 is 41.1 Å². The number of benzene rings is 2. The smallest absolute Gasteiger partial charge is 0.484 e. The zero-order valence-electron chi connectivity index (χ0n) is 19.6. The molecule has 3 aliphatic carbocycles. The van der Waals surface area contributed by atoms with Crippen molar-refractivity contribution in [1.82, 2.24) is 10.6 Å². The number of carbonyl (C=O) groups excluding carboxylic acids is 2. The number of hydrogen-bond donors (Lipinski definition) is 3. The van der Waals surface area contributed by atoms with E-state index in [0.29, 0.717) is 31.4 Å². The molecule has 6 rings (SSSR count). The molecule has 198 valence electrons. The highest BCUT2D eigenvalue weighted by atomic mass is 19.3. The van der Waals surface area contributed by atoms with Crippen molar-refractivity contribution in [2.75, 3.05) is 13.2 Å². The maximum atomic E-state index is 13.2. The summed E-state index contributed by atoms with van der Waals surface area (Å²) in [6.45, 7) is -0.646. The fourth-order valence-corrected chi connectivity index (χ4v) is 5.16. The average Bonchev–Trinajstić information content (AvgIpc) is 3.16. The van der Waals surface area contributed by atoms with Crippen molar-refractivity contribution < 1.29 is 46.8 Å². The summed E-state index contributed by atoms with van der Waals surface area (Å²) in [6.07, 6.45) is -2.41. The Balaban J connectivity index is 1.11. The second kappa shape index (κ2) is 9.33. The Kier molecular flexibility index (Phi) is 6.30. The van der Waals surface area contributed by atoms with E-state index in [0.717, 1.165) is 0 Å². The third-order valence-electron chi connectivity index (χ3n) is 7.04. The molecule has 0 spiro atoms. The molecule has 3 fully saturated rings. The first kappa shape index (κ1) is 25.0. The number of halogens is 3. The van der Waals surface area contributed by atoms with E-state index in [-0.39, 0.29) is 36.9 Å². The number of aliphatic hydroxyl groups is 1. The largest absolute Gasteiger partial charge is 0.586 e. The van der Waals surface area contributed by atoms with Crippen LogP contribution in [-0.2, 0) is 9.59 Å². The molecule has 0 unspecified atom stereocenters. The Morgan fingerprint density at radius 1 is 0.892 bits per heavy atom. The minimum Gasteiger partial charge on any atom is -0.484 e. The summed E-state index contributed by atoms with van der Waals surface area (Å²) in [7, 11) is 0. The molecule has 2 aromatic rings. The van der Waals surface area contributed by atoms with Gasteiger partial charge >= 0.3 is 6.29 Å². The fraction of sp³-hybridized carbons (Fsp3) is 0.440. The predicted molar refractivity (Wildman–Crippen MR) is 121 cm³/mol. The summed E-state index contributed by atoms with van der Waals surface area (Å²) < 4.78 is 58.9. The van der Waals surface area contributed by atoms with Gasteiger partial charge in [0.15, 0.2) is 24.7 Å². The normalized spacial score (nSPS) is 26.9. The first-order chi connectivity index (χ1) is 17.6. The van der Waals surface area contributed by atoms with E-state index in [1.165, 1.54) is 42.5 Å². The number of carbonyl (C=O) groups is 2. The topological polar surface area (TPSA) is 115 Å². The lowest BCUT2D eigenvalue weighted by Crippen LogP contribution is -2.70. The molecular formula is C25H25F3N2O7. The van der Waals surface area contributed by atoms with Crippen LogP contribution in [0.1, 0.15) is 32.1 Å². The van der Waals surface area contributed by atoms with Gasteiger partial charge in [0.2, 0.25) is 0 Å². The quantitative estimate of drug-likeness (QED) is 0.488. The lowest BCUT2D eigenvalue weighted by molar-refractivity contribution is -0.286. The molecule has 9 nitrogen and oxygen atoms in total. The van der Waals surface area contributed by atoms with Crippen molar-refractivity contribution in [2.45, 2.75) is 55.6 Å². The molecule has 0 saturated heterocycles. The van der Waals surface area contributed by atoms with Crippen LogP contribution in [0.2, 0.25) is 0 Å². The van der Waals surface area contributed by atoms with Crippen LogP contribution in [0.25, 0.3) is 0 Å². The van der Waals surface area contributed by atoms with Gasteiger partial charge in [0.05, 0.1) is 11.6 Å². The first-order valence-corrected chi connectivity index (χ1v) is 11.8. The van der Waals surface area contributed by atoms with Crippen LogP contribution in [0, 0.1) is 5.82 Å². The monoisotopic (exact) mass is 522 g/mol. The number of ether oxygens (including phenoxy) is 4. The number of hydrogen-bond acceptors (Lipinski definition) is 7. The average molecular weight is 522 g/mol. The fourth-order valence-electron chi connectivity index (χ4n) is 5.16. The van der Waals surface area contributed by atoms with Gasteiger partial charge in [0, 0.05) is 11.6 Å². The van der Waals surface area contributed by atoms with Crippen LogP contribution in [0.15, 0.2) is 42.5 Å². The third-order valence-corrected chi connectivity index (χ3v) is 7.04. The minimum atomic E-state index is -3.75. The van der Waals surface area contributed by atoms with Gasteiger partial charge in [-0.2, -0.15) is 0 Å². The summed E-state index contributed by atoms with van der Waals surface area (Å²) in [5.74, 6) is -1.06. The van der Waals surface area contributed by atoms with Gasteiger partial charge in [0.25, 0.3) is 11.8 Å². The summed E-state index contributed by atoms with van der Waals surface area (Å²) in [6, 6.07) is 9.16. The lowest BCUT2D eigenvalue weighted by atomic mass is 9.60. The second-order valence-electron chi connectivity index (χ2n) is 9.56. The van der Waals surface area contributed by atoms with Crippen LogP contribution in [0.5, 0.6) is 23.0 Å². The second-order valence-corrected chi connectivity index (χ2v) is 9.56. The Bertz CT molecular complexity index is 1180. The number of alkyl halides is 2. The molecule has 1 heterocycles. The highest BCUT2D eigenvalue weighted by Gasteiger charge is 2.55. The van der Waals surface area contributed by atoms with Crippen LogP contribution < -0.4 is 29.6 Å². The summed E-state index contributed by atoms with van der Waals surface area (Å²) in [5.41, 5.74) is -1.46. The zero-order chi connectivity index (χ0) is 26.3. The molecule has 1 atom stereocenters. The SMILES string of the molecule is O=C(COc1ccc2c(c1)OC(F)(F)O2)NC12CCC(NC(=O)COc3ccc(F)cc3)(CC1)[C@H](O)C2. The molecule has 4 aliphatic rings. The molecule has 2 amide bonds. The van der Waals surface area contributed by atoms with E-state index in [9.17, 15) is 27.9 Å². The highest BCUT2D eigenvalue weighted by Crippen LogP contribution is 2.47. The molecule has 3 N–H and O–H groups in total. The maximum absolute atomic E-state index is 13.2. The van der Waals surface area contributed by atoms with E-state index in [4.69, 9.17) is 9.47 Å². The third kappa shape index (κ3) is 5.38. The molecule has 1 aliphatic heterocycles.